The molecule has 20 heavy (non-hydrogen) atoms. The predicted octanol–water partition coefficient (Wildman–Crippen LogP) is 3.66. The number of amides is 1. The van der Waals surface area contributed by atoms with E-state index in [0.29, 0.717) is 10.3 Å². The number of halogens is 2. The van der Waals surface area contributed by atoms with Crippen LogP contribution < -0.4 is 5.32 Å². The maximum absolute atomic E-state index is 12.1. The van der Waals surface area contributed by atoms with Crippen LogP contribution >= 0.6 is 27.5 Å². The lowest BCUT2D eigenvalue weighted by Gasteiger charge is -2.07. The molecule has 0 atom stereocenters. The number of carbonyl (C=O) groups excluding carboxylic acids is 1. The SMILES string of the molecule is O=C(Nc1cccnc1Br)c1cccc(Cl)c1[N+](=O)[O-]. The Kier molecular flexibility index (Phi) is 4.31. The van der Waals surface area contributed by atoms with Crippen molar-refractivity contribution in [2.24, 2.45) is 0 Å². The maximum Gasteiger partial charge on any atom is 0.300 e. The van der Waals surface area contributed by atoms with E-state index in [0.717, 1.165) is 0 Å². The molecule has 0 bridgehead atoms. The minimum absolute atomic E-state index is 0.0899. The van der Waals surface area contributed by atoms with Gasteiger partial charge in [0.25, 0.3) is 5.91 Å². The summed E-state index contributed by atoms with van der Waals surface area (Å²) in [6.45, 7) is 0. The van der Waals surface area contributed by atoms with Crippen LogP contribution in [0.2, 0.25) is 5.02 Å². The third-order valence-corrected chi connectivity index (χ3v) is 3.36. The van der Waals surface area contributed by atoms with Crippen LogP contribution in [0.25, 0.3) is 0 Å². The molecule has 0 radical (unpaired) electrons. The van der Waals surface area contributed by atoms with Crippen molar-refractivity contribution in [3.8, 4) is 0 Å². The lowest BCUT2D eigenvalue weighted by molar-refractivity contribution is -0.385. The van der Waals surface area contributed by atoms with Crippen LogP contribution in [0.5, 0.6) is 0 Å². The first-order valence-electron chi connectivity index (χ1n) is 5.35. The number of hydrogen-bond donors (Lipinski definition) is 1. The molecular weight excluding hydrogens is 350 g/mol. The summed E-state index contributed by atoms with van der Waals surface area (Å²) in [6, 6.07) is 7.42. The number of para-hydroxylation sites is 1. The van der Waals surface area contributed by atoms with Gasteiger partial charge in [0.05, 0.1) is 10.6 Å². The van der Waals surface area contributed by atoms with E-state index in [2.05, 4.69) is 26.2 Å². The highest BCUT2D eigenvalue weighted by Crippen LogP contribution is 2.29. The zero-order valence-electron chi connectivity index (χ0n) is 9.84. The molecular formula is C12H7BrClN3O3. The first-order valence-corrected chi connectivity index (χ1v) is 6.52. The summed E-state index contributed by atoms with van der Waals surface area (Å²) in [7, 11) is 0. The third-order valence-electron chi connectivity index (χ3n) is 2.42. The van der Waals surface area contributed by atoms with Gasteiger partial charge in [-0.3, -0.25) is 14.9 Å². The van der Waals surface area contributed by atoms with Crippen molar-refractivity contribution in [2.75, 3.05) is 5.32 Å². The average molecular weight is 357 g/mol. The van der Waals surface area contributed by atoms with Crippen LogP contribution in [0, 0.1) is 10.1 Å². The highest BCUT2D eigenvalue weighted by atomic mass is 79.9. The molecule has 0 unspecified atom stereocenters. The highest BCUT2D eigenvalue weighted by molar-refractivity contribution is 9.10. The van der Waals surface area contributed by atoms with Gasteiger partial charge in [0, 0.05) is 6.20 Å². The molecule has 2 rings (SSSR count). The Bertz CT molecular complexity index is 693. The fourth-order valence-electron chi connectivity index (χ4n) is 1.55. The minimum atomic E-state index is -0.685. The summed E-state index contributed by atoms with van der Waals surface area (Å²) >= 11 is 8.93. The minimum Gasteiger partial charge on any atom is -0.319 e. The fourth-order valence-corrected chi connectivity index (χ4v) is 2.15. The molecule has 0 aliphatic carbocycles. The largest absolute Gasteiger partial charge is 0.319 e. The molecule has 1 aromatic carbocycles. The summed E-state index contributed by atoms with van der Waals surface area (Å²) < 4.78 is 0.429. The lowest BCUT2D eigenvalue weighted by Crippen LogP contribution is -2.14. The molecule has 1 amide bonds. The van der Waals surface area contributed by atoms with Crippen molar-refractivity contribution in [3.05, 3.63) is 61.8 Å². The summed E-state index contributed by atoms with van der Waals surface area (Å²) in [5, 5.41) is 13.4. The molecule has 2 aromatic rings. The Balaban J connectivity index is 2.38. The van der Waals surface area contributed by atoms with Crippen LogP contribution in [0.15, 0.2) is 41.1 Å². The van der Waals surface area contributed by atoms with Gasteiger partial charge >= 0.3 is 5.69 Å². The zero-order valence-corrected chi connectivity index (χ0v) is 12.2. The molecule has 6 nitrogen and oxygen atoms in total. The van der Waals surface area contributed by atoms with Crippen molar-refractivity contribution in [1.29, 1.82) is 0 Å². The van der Waals surface area contributed by atoms with Crippen LogP contribution in [0.3, 0.4) is 0 Å². The predicted molar refractivity (Wildman–Crippen MR) is 78.0 cm³/mol. The smallest absolute Gasteiger partial charge is 0.300 e. The molecule has 0 spiro atoms. The molecule has 0 saturated carbocycles. The number of nitrogens with zero attached hydrogens (tertiary/aromatic N) is 2. The molecule has 0 aliphatic heterocycles. The fraction of sp³-hybridized carbons (Fsp3) is 0. The van der Waals surface area contributed by atoms with Crippen molar-refractivity contribution < 1.29 is 9.72 Å². The monoisotopic (exact) mass is 355 g/mol. The number of pyridine rings is 1. The molecule has 0 aliphatic rings. The van der Waals surface area contributed by atoms with Crippen LogP contribution in [-0.4, -0.2) is 15.8 Å². The second-order valence-corrected chi connectivity index (χ2v) is 4.85. The molecule has 1 aromatic heterocycles. The molecule has 8 heteroatoms. The van der Waals surface area contributed by atoms with Crippen molar-refractivity contribution in [1.82, 2.24) is 4.98 Å². The number of aromatic nitrogens is 1. The van der Waals surface area contributed by atoms with Crippen molar-refractivity contribution in [3.63, 3.8) is 0 Å². The van der Waals surface area contributed by atoms with Crippen molar-refractivity contribution in [2.45, 2.75) is 0 Å². The second kappa shape index (κ2) is 5.98. The van der Waals surface area contributed by atoms with Crippen LogP contribution in [0.1, 0.15) is 10.4 Å². The number of carbonyl (C=O) groups is 1. The topological polar surface area (TPSA) is 85.1 Å². The Hall–Kier alpha value is -1.99. The maximum atomic E-state index is 12.1. The number of nitrogens with one attached hydrogen (secondary N) is 1. The van der Waals surface area contributed by atoms with E-state index < -0.39 is 16.5 Å². The van der Waals surface area contributed by atoms with E-state index in [9.17, 15) is 14.9 Å². The van der Waals surface area contributed by atoms with Gasteiger partial charge in [0.2, 0.25) is 0 Å². The molecule has 102 valence electrons. The van der Waals surface area contributed by atoms with Gasteiger partial charge < -0.3 is 5.32 Å². The first-order chi connectivity index (χ1) is 9.50. The Morgan fingerprint density at radius 2 is 2.10 bits per heavy atom. The lowest BCUT2D eigenvalue weighted by atomic mass is 10.1. The number of benzene rings is 1. The van der Waals surface area contributed by atoms with Crippen LogP contribution in [0.4, 0.5) is 11.4 Å². The molecule has 1 N–H and O–H groups in total. The number of rotatable bonds is 3. The zero-order chi connectivity index (χ0) is 14.7. The van der Waals surface area contributed by atoms with Gasteiger partial charge in [-0.05, 0) is 40.2 Å². The number of nitro groups is 1. The number of nitro benzene ring substituents is 1. The summed E-state index contributed by atoms with van der Waals surface area (Å²) in [5.41, 5.74) is -0.128. The summed E-state index contributed by atoms with van der Waals surface area (Å²) in [4.78, 5) is 26.4. The van der Waals surface area contributed by atoms with Gasteiger partial charge in [-0.15, -0.1) is 0 Å². The normalized spacial score (nSPS) is 10.1. The van der Waals surface area contributed by atoms with E-state index in [1.807, 2.05) is 0 Å². The Morgan fingerprint density at radius 1 is 1.35 bits per heavy atom. The quantitative estimate of drug-likeness (QED) is 0.516. The van der Waals surface area contributed by atoms with E-state index >= 15 is 0 Å². The number of hydrogen-bond acceptors (Lipinski definition) is 4. The van der Waals surface area contributed by atoms with Gasteiger partial charge in [-0.2, -0.15) is 0 Å². The molecule has 1 heterocycles. The second-order valence-electron chi connectivity index (χ2n) is 3.69. The van der Waals surface area contributed by atoms with E-state index in [-0.39, 0.29) is 10.6 Å². The van der Waals surface area contributed by atoms with E-state index in [1.54, 1.807) is 18.3 Å². The van der Waals surface area contributed by atoms with E-state index in [1.165, 1.54) is 18.2 Å². The average Bonchev–Trinajstić information content (AvgIpc) is 2.40. The standard InChI is InChI=1S/C12H7BrClN3O3/c13-11-9(5-2-6-15-11)16-12(18)7-3-1-4-8(14)10(7)17(19)20/h1-6H,(H,16,18). The van der Waals surface area contributed by atoms with Gasteiger partial charge in [-0.25, -0.2) is 4.98 Å². The van der Waals surface area contributed by atoms with E-state index in [4.69, 9.17) is 11.6 Å². The third kappa shape index (κ3) is 2.94. The van der Waals surface area contributed by atoms with Gasteiger partial charge in [0.15, 0.2) is 0 Å². The van der Waals surface area contributed by atoms with Crippen LogP contribution in [-0.2, 0) is 0 Å². The van der Waals surface area contributed by atoms with Gasteiger partial charge in [-0.1, -0.05) is 17.7 Å². The molecule has 0 saturated heterocycles. The first kappa shape index (κ1) is 14.4. The summed E-state index contributed by atoms with van der Waals surface area (Å²) in [6.07, 6.45) is 1.54. The highest BCUT2D eigenvalue weighted by Gasteiger charge is 2.23. The Morgan fingerprint density at radius 3 is 2.75 bits per heavy atom. The summed E-state index contributed by atoms with van der Waals surface area (Å²) in [5.74, 6) is -0.632. The molecule has 0 fully saturated rings. The number of anilines is 1. The van der Waals surface area contributed by atoms with Crippen molar-refractivity contribution >= 4 is 44.8 Å². The van der Waals surface area contributed by atoms with Gasteiger partial charge in [0.1, 0.15) is 15.2 Å². The Labute approximate surface area is 127 Å².